The Morgan fingerprint density at radius 2 is 1.42 bits per heavy atom. The second-order valence-corrected chi connectivity index (χ2v) is 16.2. The monoisotopic (exact) mass is 480 g/mol. The highest BCUT2D eigenvalue weighted by atomic mass is 28.4. The Kier molecular flexibility index (Phi) is 12.1. The molecule has 1 N–H and O–H groups in total. The van der Waals surface area contributed by atoms with Crippen molar-refractivity contribution in [3.8, 4) is 5.75 Å². The Balaban J connectivity index is 2.84. The molecule has 0 fully saturated rings. The predicted molar refractivity (Wildman–Crippen MR) is 138 cm³/mol. The molecular weight excluding hydrogens is 432 g/mol. The average molecular weight is 481 g/mol. The van der Waals surface area contributed by atoms with Gasteiger partial charge in [-0.3, -0.25) is 4.79 Å². The molecule has 0 heterocycles. The Morgan fingerprint density at radius 3 is 1.85 bits per heavy atom. The summed E-state index contributed by atoms with van der Waals surface area (Å²) in [5.74, 6) is -0.184. The molecule has 4 atom stereocenters. The van der Waals surface area contributed by atoms with E-state index >= 15 is 0 Å². The lowest BCUT2D eigenvalue weighted by molar-refractivity contribution is -0.149. The van der Waals surface area contributed by atoms with Crippen LogP contribution in [0.1, 0.15) is 74.3 Å². The van der Waals surface area contributed by atoms with E-state index in [1.807, 2.05) is 24.3 Å². The van der Waals surface area contributed by atoms with Gasteiger partial charge in [-0.2, -0.15) is 0 Å². The first-order chi connectivity index (χ1) is 15.4. The fraction of sp³-hybridized carbons (Fsp3) is 0.741. The predicted octanol–water partition coefficient (Wildman–Crippen LogP) is 7.16. The molecule has 5 nitrogen and oxygen atoms in total. The van der Waals surface area contributed by atoms with Crippen LogP contribution in [0, 0.1) is 17.8 Å². The van der Waals surface area contributed by atoms with Crippen molar-refractivity contribution in [2.24, 2.45) is 17.8 Å². The number of carboxylic acids is 1. The van der Waals surface area contributed by atoms with Crippen LogP contribution in [0.3, 0.4) is 0 Å². The lowest BCUT2D eigenvalue weighted by Gasteiger charge is -2.43. The summed E-state index contributed by atoms with van der Waals surface area (Å²) >= 11 is 0. The summed E-state index contributed by atoms with van der Waals surface area (Å²) in [7, 11) is -0.274. The molecule has 0 amide bonds. The number of aliphatic carboxylic acids is 1. The van der Waals surface area contributed by atoms with E-state index in [0.29, 0.717) is 29.1 Å². The Bertz CT molecular complexity index is 679. The standard InChI is InChI=1S/C27H48O5Si/c1-18(2)33(19(3)4,20(5)6)32-16-21(7)15-22(8)26(23(9)27(28)29)31-17-24-11-13-25(30-10)14-12-24/h11-14,18-23,26H,15-17H2,1-10H3,(H,28,29)/t21-,22+,23-,26+/m1/s1. The third-order valence-electron chi connectivity index (χ3n) is 7.14. The smallest absolute Gasteiger partial charge is 0.308 e. The molecule has 0 aliphatic rings. The number of hydrogen-bond donors (Lipinski definition) is 1. The third-order valence-corrected chi connectivity index (χ3v) is 13.2. The zero-order valence-corrected chi connectivity index (χ0v) is 23.6. The summed E-state index contributed by atoms with van der Waals surface area (Å²) in [5.41, 5.74) is 2.66. The van der Waals surface area contributed by atoms with Crippen molar-refractivity contribution in [3.63, 3.8) is 0 Å². The minimum Gasteiger partial charge on any atom is -0.497 e. The van der Waals surface area contributed by atoms with Crippen molar-refractivity contribution in [1.82, 2.24) is 0 Å². The van der Waals surface area contributed by atoms with E-state index in [1.165, 1.54) is 0 Å². The van der Waals surface area contributed by atoms with Gasteiger partial charge in [0, 0.05) is 6.61 Å². The number of methoxy groups -OCH3 is 1. The maximum absolute atomic E-state index is 11.8. The van der Waals surface area contributed by atoms with Crippen molar-refractivity contribution in [2.75, 3.05) is 13.7 Å². The molecule has 1 rings (SSSR count). The number of benzene rings is 1. The van der Waals surface area contributed by atoms with Crippen molar-refractivity contribution in [2.45, 2.75) is 98.1 Å². The molecule has 0 aliphatic heterocycles. The van der Waals surface area contributed by atoms with Crippen LogP contribution < -0.4 is 4.74 Å². The van der Waals surface area contributed by atoms with Gasteiger partial charge in [0.2, 0.25) is 0 Å². The van der Waals surface area contributed by atoms with Crippen LogP contribution in [0.25, 0.3) is 0 Å². The summed E-state index contributed by atoms with van der Waals surface area (Å²) < 4.78 is 18.2. The van der Waals surface area contributed by atoms with E-state index < -0.39 is 20.2 Å². The van der Waals surface area contributed by atoms with Gasteiger partial charge in [-0.1, -0.05) is 67.5 Å². The highest BCUT2D eigenvalue weighted by Crippen LogP contribution is 2.42. The van der Waals surface area contributed by atoms with Crippen molar-refractivity contribution in [3.05, 3.63) is 29.8 Å². The molecule has 6 heteroatoms. The molecule has 1 aromatic rings. The van der Waals surface area contributed by atoms with Gasteiger partial charge in [0.25, 0.3) is 0 Å². The van der Waals surface area contributed by atoms with Crippen LogP contribution in [-0.2, 0) is 20.6 Å². The van der Waals surface area contributed by atoms with Gasteiger partial charge in [0.15, 0.2) is 8.32 Å². The van der Waals surface area contributed by atoms with Crippen LogP contribution in [0.15, 0.2) is 24.3 Å². The molecule has 0 saturated heterocycles. The second-order valence-electron chi connectivity index (χ2n) is 10.7. The summed E-state index contributed by atoms with van der Waals surface area (Å²) in [4.78, 5) is 11.8. The topological polar surface area (TPSA) is 65.0 Å². The maximum atomic E-state index is 11.8. The molecule has 0 unspecified atom stereocenters. The van der Waals surface area contributed by atoms with Crippen molar-refractivity contribution < 1.29 is 23.8 Å². The first kappa shape index (κ1) is 29.7. The maximum Gasteiger partial charge on any atom is 0.308 e. The Hall–Kier alpha value is -1.37. The van der Waals surface area contributed by atoms with Gasteiger partial charge >= 0.3 is 5.97 Å². The molecule has 0 spiro atoms. The third kappa shape index (κ3) is 8.11. The van der Waals surface area contributed by atoms with E-state index in [0.717, 1.165) is 24.3 Å². The molecule has 0 bridgehead atoms. The quantitative estimate of drug-likeness (QED) is 0.270. The average Bonchev–Trinajstić information content (AvgIpc) is 2.73. The summed E-state index contributed by atoms with van der Waals surface area (Å²) in [5, 5.41) is 9.68. The molecule has 0 aromatic heterocycles. The minimum atomic E-state index is -1.91. The van der Waals surface area contributed by atoms with E-state index in [-0.39, 0.29) is 12.0 Å². The van der Waals surface area contributed by atoms with Crippen LogP contribution >= 0.6 is 0 Å². The lowest BCUT2D eigenvalue weighted by atomic mass is 9.87. The van der Waals surface area contributed by atoms with Crippen LogP contribution in [0.5, 0.6) is 5.75 Å². The molecule has 0 saturated carbocycles. The lowest BCUT2D eigenvalue weighted by Crippen LogP contribution is -2.48. The van der Waals surface area contributed by atoms with E-state index in [1.54, 1.807) is 14.0 Å². The highest BCUT2D eigenvalue weighted by molar-refractivity contribution is 6.77. The van der Waals surface area contributed by atoms with Gasteiger partial charge in [-0.15, -0.1) is 0 Å². The molecule has 0 aliphatic carbocycles. The normalized spacial score (nSPS) is 16.2. The van der Waals surface area contributed by atoms with Gasteiger partial charge < -0.3 is 19.0 Å². The SMILES string of the molecule is COc1ccc(CO[C@@H]([C@@H](C)C[C@@H](C)CO[Si](C(C)C)(C(C)C)C(C)C)[C@@H](C)C(=O)O)cc1. The number of carboxylic acid groups (broad SMARTS) is 1. The number of carbonyl (C=O) groups is 1. The highest BCUT2D eigenvalue weighted by Gasteiger charge is 2.45. The van der Waals surface area contributed by atoms with E-state index in [2.05, 4.69) is 55.4 Å². The molecule has 1 aromatic carbocycles. The van der Waals surface area contributed by atoms with Crippen molar-refractivity contribution in [1.29, 1.82) is 0 Å². The zero-order valence-electron chi connectivity index (χ0n) is 22.6. The van der Waals surface area contributed by atoms with E-state index in [4.69, 9.17) is 13.9 Å². The minimum absolute atomic E-state index is 0.0983. The molecular formula is C27H48O5Si. The Labute approximate surface area is 203 Å². The first-order valence-corrected chi connectivity index (χ1v) is 14.6. The Morgan fingerprint density at radius 1 is 0.909 bits per heavy atom. The van der Waals surface area contributed by atoms with Crippen molar-refractivity contribution >= 4 is 14.3 Å². The van der Waals surface area contributed by atoms with Crippen LogP contribution in [0.2, 0.25) is 16.6 Å². The molecule has 0 radical (unpaired) electrons. The van der Waals surface area contributed by atoms with Gasteiger partial charge in [0.1, 0.15) is 5.75 Å². The fourth-order valence-corrected chi connectivity index (χ4v) is 11.1. The summed E-state index contributed by atoms with van der Waals surface area (Å²) in [6, 6.07) is 7.70. The molecule has 190 valence electrons. The first-order valence-electron chi connectivity index (χ1n) is 12.5. The molecule has 33 heavy (non-hydrogen) atoms. The summed E-state index contributed by atoms with van der Waals surface area (Å²) in [6.45, 7) is 21.0. The largest absolute Gasteiger partial charge is 0.497 e. The van der Waals surface area contributed by atoms with Gasteiger partial charge in [-0.25, -0.2) is 0 Å². The number of ether oxygens (including phenoxy) is 2. The number of hydrogen-bond acceptors (Lipinski definition) is 4. The van der Waals surface area contributed by atoms with Gasteiger partial charge in [-0.05, 0) is 59.5 Å². The second kappa shape index (κ2) is 13.5. The van der Waals surface area contributed by atoms with Gasteiger partial charge in [0.05, 0.1) is 25.7 Å². The van der Waals surface area contributed by atoms with E-state index in [9.17, 15) is 9.90 Å². The number of rotatable bonds is 15. The fourth-order valence-electron chi connectivity index (χ4n) is 5.48. The summed E-state index contributed by atoms with van der Waals surface area (Å²) in [6.07, 6.45) is 0.498. The van der Waals surface area contributed by atoms with Crippen LogP contribution in [0.4, 0.5) is 0 Å². The zero-order chi connectivity index (χ0) is 25.3. The van der Waals surface area contributed by atoms with Crippen LogP contribution in [-0.4, -0.2) is 39.2 Å².